The summed E-state index contributed by atoms with van der Waals surface area (Å²) in [7, 11) is -0.676. The van der Waals surface area contributed by atoms with Crippen LogP contribution in [-0.4, -0.2) is 14.3 Å². The van der Waals surface area contributed by atoms with Crippen molar-refractivity contribution in [3.8, 4) is 22.4 Å². The second-order valence-corrected chi connectivity index (χ2v) is 15.2. The van der Waals surface area contributed by atoms with Gasteiger partial charge in [0.15, 0.2) is 6.20 Å². The maximum atomic E-state index is 14.0. The monoisotopic (exact) mass is 475 g/mol. The average molecular weight is 476 g/mol. The molecule has 0 N–H and O–H groups in total. The van der Waals surface area contributed by atoms with Gasteiger partial charge in [0, 0.05) is 24.0 Å². The highest BCUT2D eigenvalue weighted by Gasteiger charge is 2.48. The van der Waals surface area contributed by atoms with Crippen molar-refractivity contribution in [1.82, 2.24) is 0 Å². The molecule has 33 heavy (non-hydrogen) atoms. The molecule has 1 nitrogen and oxygen atoms in total. The first kappa shape index (κ1) is 19.0. The van der Waals surface area contributed by atoms with Crippen LogP contribution in [0.5, 0.6) is 0 Å². The highest BCUT2D eigenvalue weighted by atomic mass is 28.3. The van der Waals surface area contributed by atoms with Gasteiger partial charge in [-0.15, -0.1) is 0 Å². The molecule has 0 aliphatic heterocycles. The number of hydrogen-bond donors (Lipinski definition) is 0. The highest BCUT2D eigenvalue weighted by molar-refractivity contribution is 6.89. The molecule has 3 aromatic rings. The second-order valence-electron chi connectivity index (χ2n) is 10.2. The SMILES string of the molecule is [2H]C([2H])([2H])c1cc(C)c(-c2cc([Si](C)(C)C)c(C([2H])([2H])C(C)(C)C(F)(F)F)c[n+]2C)cc1-c1ccccc1. The summed E-state index contributed by atoms with van der Waals surface area (Å²) in [6, 6.07) is 14.5. The van der Waals surface area contributed by atoms with Gasteiger partial charge < -0.3 is 0 Å². The molecule has 0 radical (unpaired) electrons. The normalized spacial score (nSPS) is 15.9. The zero-order valence-corrected chi connectivity index (χ0v) is 21.3. The van der Waals surface area contributed by atoms with Gasteiger partial charge in [0.2, 0.25) is 5.69 Å². The Morgan fingerprint density at radius 1 is 0.970 bits per heavy atom. The summed E-state index contributed by atoms with van der Waals surface area (Å²) >= 11 is 0. The Bertz CT molecular complexity index is 1340. The van der Waals surface area contributed by atoms with E-state index >= 15 is 0 Å². The fourth-order valence-electron chi connectivity index (χ4n) is 3.88. The molecule has 1 aromatic heterocycles. The highest BCUT2D eigenvalue weighted by Crippen LogP contribution is 2.40. The minimum atomic E-state index is -4.75. The van der Waals surface area contributed by atoms with Gasteiger partial charge in [0.1, 0.15) is 7.05 Å². The van der Waals surface area contributed by atoms with Gasteiger partial charge in [-0.1, -0.05) is 69.9 Å². The van der Waals surface area contributed by atoms with Crippen LogP contribution < -0.4 is 9.75 Å². The van der Waals surface area contributed by atoms with Gasteiger partial charge in [0.05, 0.1) is 13.5 Å². The largest absolute Gasteiger partial charge is 0.394 e. The van der Waals surface area contributed by atoms with Crippen LogP contribution in [0.2, 0.25) is 19.6 Å². The van der Waals surface area contributed by atoms with Crippen LogP contribution in [0.25, 0.3) is 22.4 Å². The van der Waals surface area contributed by atoms with Gasteiger partial charge in [-0.3, -0.25) is 0 Å². The summed E-state index contributed by atoms with van der Waals surface area (Å²) in [4.78, 5) is 0. The van der Waals surface area contributed by atoms with Crippen molar-refractivity contribution in [2.75, 3.05) is 0 Å². The molecule has 0 aliphatic carbocycles. The third kappa shape index (κ3) is 5.24. The van der Waals surface area contributed by atoms with Crippen LogP contribution in [-0.2, 0) is 13.4 Å². The standard InChI is InChI=1S/C28H35F3NSi/c1-19-14-20(2)24(15-23(19)21-12-10-9-11-13-21)25-16-26(33(6,7)8)22(18-32(25)5)17-27(3,4)28(29,30)31/h9-16,18H,17H2,1-8H3/q+1/i1D3,17D2. The molecule has 5 heteroatoms. The van der Waals surface area contributed by atoms with Crippen molar-refractivity contribution in [3.63, 3.8) is 0 Å². The van der Waals surface area contributed by atoms with Crippen molar-refractivity contribution < 1.29 is 24.6 Å². The third-order valence-electron chi connectivity index (χ3n) is 5.96. The number of nitrogens with zero attached hydrogens (tertiary/aromatic N) is 1. The van der Waals surface area contributed by atoms with E-state index in [4.69, 9.17) is 6.85 Å². The summed E-state index contributed by atoms with van der Waals surface area (Å²) < 4.78 is 85.3. The quantitative estimate of drug-likeness (QED) is 0.273. The summed E-state index contributed by atoms with van der Waals surface area (Å²) in [6.45, 7) is 7.21. The predicted molar refractivity (Wildman–Crippen MR) is 134 cm³/mol. The van der Waals surface area contributed by atoms with Crippen LogP contribution in [0, 0.1) is 19.2 Å². The number of benzene rings is 2. The Morgan fingerprint density at radius 3 is 2.15 bits per heavy atom. The van der Waals surface area contributed by atoms with Gasteiger partial charge >= 0.3 is 6.18 Å². The Balaban J connectivity index is 2.38. The number of hydrogen-bond acceptors (Lipinski definition) is 0. The zero-order valence-electron chi connectivity index (χ0n) is 25.3. The number of rotatable bonds is 5. The topological polar surface area (TPSA) is 3.88 Å². The molecule has 3 rings (SSSR count). The van der Waals surface area contributed by atoms with E-state index in [1.807, 2.05) is 63.0 Å². The van der Waals surface area contributed by atoms with Crippen LogP contribution in [0.15, 0.2) is 54.7 Å². The summed E-state index contributed by atoms with van der Waals surface area (Å²) in [5, 5.41) is 0.591. The Morgan fingerprint density at radius 2 is 1.61 bits per heavy atom. The Hall–Kier alpha value is -2.40. The third-order valence-corrected chi connectivity index (χ3v) is 7.99. The lowest BCUT2D eigenvalue weighted by atomic mass is 9.85. The van der Waals surface area contributed by atoms with E-state index in [-0.39, 0.29) is 11.1 Å². The van der Waals surface area contributed by atoms with Gasteiger partial charge in [-0.25, -0.2) is 4.57 Å². The predicted octanol–water partition coefficient (Wildman–Crippen LogP) is 7.14. The van der Waals surface area contributed by atoms with Crippen molar-refractivity contribution >= 4 is 13.3 Å². The smallest absolute Gasteiger partial charge is 0.201 e. The molecule has 1 heterocycles. The zero-order chi connectivity index (χ0) is 29.1. The molecule has 2 aromatic carbocycles. The van der Waals surface area contributed by atoms with Crippen LogP contribution in [0.1, 0.15) is 37.4 Å². The first-order valence-electron chi connectivity index (χ1n) is 13.4. The van der Waals surface area contributed by atoms with Crippen LogP contribution in [0.3, 0.4) is 0 Å². The maximum Gasteiger partial charge on any atom is 0.394 e. The molecule has 0 saturated heterocycles. The molecule has 0 saturated carbocycles. The van der Waals surface area contributed by atoms with Crippen LogP contribution in [0.4, 0.5) is 13.2 Å². The van der Waals surface area contributed by atoms with E-state index in [1.54, 1.807) is 23.7 Å². The van der Waals surface area contributed by atoms with E-state index in [9.17, 15) is 13.2 Å². The molecule has 0 unspecified atom stereocenters. The molecule has 0 amide bonds. The minimum absolute atomic E-state index is 0.0327. The first-order chi connectivity index (χ1) is 17.1. The van der Waals surface area contributed by atoms with Gasteiger partial charge in [-0.05, 0) is 53.7 Å². The number of halogens is 3. The van der Waals surface area contributed by atoms with E-state index in [0.29, 0.717) is 22.0 Å². The fourth-order valence-corrected chi connectivity index (χ4v) is 5.39. The lowest BCUT2D eigenvalue weighted by Crippen LogP contribution is -2.47. The minimum Gasteiger partial charge on any atom is -0.201 e. The number of pyridine rings is 1. The molecule has 0 bridgehead atoms. The molecule has 176 valence electrons. The summed E-state index contributed by atoms with van der Waals surface area (Å²) in [5.41, 5.74) is 1.05. The number of aryl methyl sites for hydroxylation is 3. The average Bonchev–Trinajstić information content (AvgIpc) is 2.77. The van der Waals surface area contributed by atoms with Gasteiger partial charge in [0.25, 0.3) is 0 Å². The Kier molecular flexibility index (Phi) is 5.03. The fraction of sp³-hybridized carbons (Fsp3) is 0.393. The lowest BCUT2D eigenvalue weighted by Gasteiger charge is -2.30. The molecule has 0 fully saturated rings. The number of alkyl halides is 3. The number of aromatic nitrogens is 1. The van der Waals surface area contributed by atoms with Crippen LogP contribution >= 0.6 is 0 Å². The van der Waals surface area contributed by atoms with Crippen molar-refractivity contribution in [3.05, 3.63) is 71.4 Å². The van der Waals surface area contributed by atoms with E-state index < -0.39 is 32.9 Å². The van der Waals surface area contributed by atoms with Crippen molar-refractivity contribution in [2.24, 2.45) is 12.5 Å². The summed E-state index contributed by atoms with van der Waals surface area (Å²) in [5.74, 6) is 0. The van der Waals surface area contributed by atoms with Crippen molar-refractivity contribution in [1.29, 1.82) is 0 Å². The van der Waals surface area contributed by atoms with E-state index in [2.05, 4.69) is 0 Å². The first-order valence-corrected chi connectivity index (χ1v) is 14.4. The Labute approximate surface area is 204 Å². The van der Waals surface area contributed by atoms with E-state index in [0.717, 1.165) is 25.0 Å². The second kappa shape index (κ2) is 8.75. The molecule has 0 aliphatic rings. The lowest BCUT2D eigenvalue weighted by molar-refractivity contribution is -0.660. The van der Waals surface area contributed by atoms with Crippen molar-refractivity contribution in [2.45, 2.75) is 59.8 Å². The molecular formula is C28H35F3NSi+. The van der Waals surface area contributed by atoms with E-state index in [1.165, 1.54) is 6.20 Å². The molecular weight excluding hydrogens is 435 g/mol. The molecule has 0 atom stereocenters. The molecule has 0 spiro atoms. The maximum absolute atomic E-state index is 14.0. The van der Waals surface area contributed by atoms with Gasteiger partial charge in [-0.2, -0.15) is 13.2 Å². The summed E-state index contributed by atoms with van der Waals surface area (Å²) in [6.07, 6.45) is -5.96.